The van der Waals surface area contributed by atoms with Crippen LogP contribution in [-0.4, -0.2) is 41.9 Å². The molecule has 0 aromatic carbocycles. The van der Waals surface area contributed by atoms with Crippen LogP contribution in [0.1, 0.15) is 126 Å². The van der Waals surface area contributed by atoms with Gasteiger partial charge in [0.15, 0.2) is 0 Å². The molecule has 5 heteroatoms. The predicted octanol–water partition coefficient (Wildman–Crippen LogP) is 6.71. The maximum atomic E-state index is 12.6. The summed E-state index contributed by atoms with van der Waals surface area (Å²) >= 11 is 0. The van der Waals surface area contributed by atoms with Gasteiger partial charge in [-0.1, -0.05) is 54.4 Å². The number of esters is 1. The molecule has 0 spiro atoms. The standard InChI is InChI=1S/C34H62N2O3/c1-22(2)23(3)10-11-24(4)28-12-13-29-27-20-31(36-19-9-8-18-35)34(38)21-26(39-25(5)37)14-17-33(34,7)30(27)15-16-32(28,29)6/h22-24,26-31,36,38H,8-21,35H2,1-7H3/t23-,24-,26+,27+,28-,29+,30+,31-,32-,33-,34+/m1/s1. The number of ether oxygens (including phenoxy) is 1. The Bertz CT molecular complexity index is 833. The normalized spacial score (nSPS) is 43.3. The van der Waals surface area contributed by atoms with Crippen LogP contribution in [0.25, 0.3) is 0 Å². The second-order valence-electron chi connectivity index (χ2n) is 15.4. The van der Waals surface area contributed by atoms with Crippen molar-refractivity contribution in [2.75, 3.05) is 13.1 Å². The number of aliphatic hydroxyl groups is 1. The number of carbonyl (C=O) groups excluding carboxylic acids is 1. The van der Waals surface area contributed by atoms with Gasteiger partial charge in [0.2, 0.25) is 0 Å². The van der Waals surface area contributed by atoms with Crippen molar-refractivity contribution < 1.29 is 14.6 Å². The summed E-state index contributed by atoms with van der Waals surface area (Å²) < 4.78 is 5.71. The molecule has 4 aliphatic rings. The van der Waals surface area contributed by atoms with Gasteiger partial charge in [0.05, 0.1) is 5.60 Å². The molecule has 4 aliphatic carbocycles. The summed E-state index contributed by atoms with van der Waals surface area (Å²) in [6.07, 6.45) is 13.3. The lowest BCUT2D eigenvalue weighted by molar-refractivity contribution is -0.237. The number of nitrogens with two attached hydrogens (primary N) is 1. The van der Waals surface area contributed by atoms with E-state index in [1.165, 1.54) is 45.4 Å². The lowest BCUT2D eigenvalue weighted by atomic mass is 9.42. The van der Waals surface area contributed by atoms with Crippen LogP contribution in [0, 0.1) is 52.3 Å². The number of carbonyl (C=O) groups is 1. The van der Waals surface area contributed by atoms with Crippen LogP contribution in [0.4, 0.5) is 0 Å². The van der Waals surface area contributed by atoms with E-state index < -0.39 is 5.60 Å². The number of hydrogen-bond acceptors (Lipinski definition) is 5. The highest BCUT2D eigenvalue weighted by molar-refractivity contribution is 5.66. The molecule has 0 aromatic heterocycles. The molecule has 5 nitrogen and oxygen atoms in total. The van der Waals surface area contributed by atoms with Gasteiger partial charge in [-0.15, -0.1) is 0 Å². The zero-order valence-corrected chi connectivity index (χ0v) is 26.4. The summed E-state index contributed by atoms with van der Waals surface area (Å²) in [6, 6.07) is 0.0468. The van der Waals surface area contributed by atoms with Crippen LogP contribution in [0.5, 0.6) is 0 Å². The quantitative estimate of drug-likeness (QED) is 0.198. The summed E-state index contributed by atoms with van der Waals surface area (Å²) in [7, 11) is 0. The Morgan fingerprint density at radius 2 is 1.77 bits per heavy atom. The molecular formula is C34H62N2O3. The fourth-order valence-electron chi connectivity index (χ4n) is 10.4. The van der Waals surface area contributed by atoms with Crippen LogP contribution in [0.3, 0.4) is 0 Å². The van der Waals surface area contributed by atoms with Crippen molar-refractivity contribution >= 4 is 5.97 Å². The molecule has 39 heavy (non-hydrogen) atoms. The number of fused-ring (bicyclic) bond motifs is 5. The summed E-state index contributed by atoms with van der Waals surface area (Å²) in [5.41, 5.74) is 5.22. The minimum absolute atomic E-state index is 0.0468. The Hall–Kier alpha value is -0.650. The zero-order chi connectivity index (χ0) is 28.6. The van der Waals surface area contributed by atoms with Crippen LogP contribution < -0.4 is 11.1 Å². The number of unbranched alkanes of at least 4 members (excludes halogenated alkanes) is 1. The fraction of sp³-hybridized carbons (Fsp3) is 0.971. The summed E-state index contributed by atoms with van der Waals surface area (Å²) in [5.74, 6) is 4.94. The average molecular weight is 547 g/mol. The molecule has 11 atom stereocenters. The first-order chi connectivity index (χ1) is 18.4. The molecule has 226 valence electrons. The molecule has 0 amide bonds. The topological polar surface area (TPSA) is 84.6 Å². The first kappa shape index (κ1) is 31.3. The van der Waals surface area contributed by atoms with Crippen molar-refractivity contribution in [3.63, 3.8) is 0 Å². The molecule has 0 aromatic rings. The van der Waals surface area contributed by atoms with Crippen molar-refractivity contribution in [2.24, 2.45) is 58.0 Å². The number of nitrogens with one attached hydrogen (secondary N) is 1. The lowest BCUT2D eigenvalue weighted by Crippen LogP contribution is -2.71. The first-order valence-corrected chi connectivity index (χ1v) is 16.7. The van der Waals surface area contributed by atoms with E-state index in [0.29, 0.717) is 30.2 Å². The lowest BCUT2D eigenvalue weighted by Gasteiger charge is -2.66. The van der Waals surface area contributed by atoms with E-state index >= 15 is 0 Å². The molecule has 4 N–H and O–H groups in total. The van der Waals surface area contributed by atoms with E-state index in [4.69, 9.17) is 10.5 Å². The van der Waals surface area contributed by atoms with Crippen LogP contribution in [0.2, 0.25) is 0 Å². The van der Waals surface area contributed by atoms with Crippen molar-refractivity contribution in [1.29, 1.82) is 0 Å². The van der Waals surface area contributed by atoms with E-state index in [1.807, 2.05) is 0 Å². The van der Waals surface area contributed by atoms with Crippen molar-refractivity contribution in [3.05, 3.63) is 0 Å². The molecule has 0 unspecified atom stereocenters. The fourth-order valence-corrected chi connectivity index (χ4v) is 10.4. The minimum atomic E-state index is -0.846. The summed E-state index contributed by atoms with van der Waals surface area (Å²) in [6.45, 7) is 17.9. The third-order valence-electron chi connectivity index (χ3n) is 13.2. The Morgan fingerprint density at radius 3 is 2.44 bits per heavy atom. The van der Waals surface area contributed by atoms with Gasteiger partial charge in [-0.2, -0.15) is 0 Å². The highest BCUT2D eigenvalue weighted by Gasteiger charge is 2.67. The smallest absolute Gasteiger partial charge is 0.302 e. The van der Waals surface area contributed by atoms with E-state index in [-0.39, 0.29) is 23.5 Å². The minimum Gasteiger partial charge on any atom is -0.462 e. The van der Waals surface area contributed by atoms with Gasteiger partial charge < -0.3 is 20.9 Å². The van der Waals surface area contributed by atoms with Gasteiger partial charge in [-0.05, 0) is 118 Å². The molecule has 4 fully saturated rings. The summed E-state index contributed by atoms with van der Waals surface area (Å²) in [4.78, 5) is 11.8. The number of rotatable bonds is 11. The zero-order valence-electron chi connectivity index (χ0n) is 26.4. The SMILES string of the molecule is CC(=O)O[C@H]1CC[C@]2(C)[C@H]3CC[C@]4(C)[C@@H]([C@H](C)CC[C@@H](C)C(C)C)CC[C@H]4[C@@H]3C[C@@H](NCCCCN)[C@@]2(O)C1. The molecule has 0 saturated heterocycles. The van der Waals surface area contributed by atoms with Gasteiger partial charge in [0.25, 0.3) is 0 Å². The van der Waals surface area contributed by atoms with Crippen molar-refractivity contribution in [3.8, 4) is 0 Å². The highest BCUT2D eigenvalue weighted by Crippen LogP contribution is 2.69. The van der Waals surface area contributed by atoms with E-state index in [0.717, 1.165) is 68.2 Å². The van der Waals surface area contributed by atoms with Crippen molar-refractivity contribution in [1.82, 2.24) is 5.32 Å². The third-order valence-corrected chi connectivity index (χ3v) is 13.2. The van der Waals surface area contributed by atoms with E-state index in [9.17, 15) is 9.90 Å². The van der Waals surface area contributed by atoms with Gasteiger partial charge in [-0.3, -0.25) is 4.79 Å². The predicted molar refractivity (Wildman–Crippen MR) is 160 cm³/mol. The second-order valence-corrected chi connectivity index (χ2v) is 15.4. The largest absolute Gasteiger partial charge is 0.462 e. The Labute approximate surface area is 240 Å². The Kier molecular flexibility index (Phi) is 9.87. The van der Waals surface area contributed by atoms with E-state index in [1.54, 1.807) is 0 Å². The van der Waals surface area contributed by atoms with Crippen LogP contribution in [-0.2, 0) is 9.53 Å². The molecule has 4 saturated carbocycles. The molecule has 0 heterocycles. The van der Waals surface area contributed by atoms with E-state index in [2.05, 4.69) is 46.9 Å². The average Bonchev–Trinajstić information content (AvgIpc) is 3.23. The maximum Gasteiger partial charge on any atom is 0.302 e. The second kappa shape index (κ2) is 12.3. The Balaban J connectivity index is 1.56. The van der Waals surface area contributed by atoms with Crippen LogP contribution >= 0.6 is 0 Å². The van der Waals surface area contributed by atoms with Crippen LogP contribution in [0.15, 0.2) is 0 Å². The van der Waals surface area contributed by atoms with Gasteiger partial charge in [-0.25, -0.2) is 0 Å². The monoisotopic (exact) mass is 546 g/mol. The number of hydrogen-bond donors (Lipinski definition) is 3. The molecule has 4 rings (SSSR count). The van der Waals surface area contributed by atoms with Gasteiger partial charge >= 0.3 is 5.97 Å². The van der Waals surface area contributed by atoms with Gasteiger partial charge in [0.1, 0.15) is 6.10 Å². The summed E-state index contributed by atoms with van der Waals surface area (Å²) in [5, 5.41) is 16.5. The van der Waals surface area contributed by atoms with Crippen molar-refractivity contribution in [2.45, 2.75) is 143 Å². The molecular weight excluding hydrogens is 484 g/mol. The highest BCUT2D eigenvalue weighted by atomic mass is 16.5. The Morgan fingerprint density at radius 1 is 1.03 bits per heavy atom. The first-order valence-electron chi connectivity index (χ1n) is 16.7. The maximum absolute atomic E-state index is 12.6. The van der Waals surface area contributed by atoms with Gasteiger partial charge in [0, 0.05) is 24.8 Å². The third kappa shape index (κ3) is 5.85. The molecule has 0 bridgehead atoms. The molecule has 0 aliphatic heterocycles. The molecule has 0 radical (unpaired) electrons.